The number of nitrogens with one attached hydrogen (secondary N) is 1. The predicted molar refractivity (Wildman–Crippen MR) is 63.4 cm³/mol. The van der Waals surface area contributed by atoms with Crippen molar-refractivity contribution in [2.75, 3.05) is 13.1 Å². The van der Waals surface area contributed by atoms with Gasteiger partial charge in [0, 0.05) is 11.3 Å². The SMILES string of the molecule is c1sc(C2CC2)nc1CC1CCCNC1. The van der Waals surface area contributed by atoms with Gasteiger partial charge in [-0.3, -0.25) is 0 Å². The molecule has 2 heterocycles. The molecule has 1 aromatic rings. The Morgan fingerprint density at radius 1 is 1.40 bits per heavy atom. The second-order valence-electron chi connectivity index (χ2n) is 4.87. The lowest BCUT2D eigenvalue weighted by Gasteiger charge is -2.21. The lowest BCUT2D eigenvalue weighted by Crippen LogP contribution is -2.30. The molecule has 0 aromatic carbocycles. The summed E-state index contributed by atoms with van der Waals surface area (Å²) in [5.41, 5.74) is 1.34. The van der Waals surface area contributed by atoms with Gasteiger partial charge in [0.05, 0.1) is 10.7 Å². The standard InChI is InChI=1S/C12H18N2S/c1-2-9(7-13-5-1)6-11-8-15-12(14-11)10-3-4-10/h8-10,13H,1-7H2. The van der Waals surface area contributed by atoms with Crippen molar-refractivity contribution in [2.45, 2.75) is 38.0 Å². The maximum Gasteiger partial charge on any atom is 0.0959 e. The van der Waals surface area contributed by atoms with E-state index in [1.165, 1.54) is 55.9 Å². The molecule has 3 heteroatoms. The summed E-state index contributed by atoms with van der Waals surface area (Å²) in [5.74, 6) is 1.65. The fourth-order valence-corrected chi connectivity index (χ4v) is 3.33. The van der Waals surface area contributed by atoms with Gasteiger partial charge in [-0.2, -0.15) is 0 Å². The van der Waals surface area contributed by atoms with Crippen LogP contribution < -0.4 is 5.32 Å². The van der Waals surface area contributed by atoms with Gasteiger partial charge >= 0.3 is 0 Å². The summed E-state index contributed by atoms with van der Waals surface area (Å²) in [4.78, 5) is 4.76. The topological polar surface area (TPSA) is 24.9 Å². The van der Waals surface area contributed by atoms with Crippen LogP contribution in [0, 0.1) is 5.92 Å². The molecule has 1 aliphatic heterocycles. The summed E-state index contributed by atoms with van der Waals surface area (Å²) in [6.45, 7) is 2.40. The van der Waals surface area contributed by atoms with E-state index in [0.29, 0.717) is 0 Å². The van der Waals surface area contributed by atoms with Crippen molar-refractivity contribution in [3.63, 3.8) is 0 Å². The Hall–Kier alpha value is -0.410. The monoisotopic (exact) mass is 222 g/mol. The van der Waals surface area contributed by atoms with Crippen molar-refractivity contribution in [3.8, 4) is 0 Å². The highest BCUT2D eigenvalue weighted by molar-refractivity contribution is 7.09. The van der Waals surface area contributed by atoms with Gasteiger partial charge in [-0.15, -0.1) is 11.3 Å². The number of aromatic nitrogens is 1. The molecule has 15 heavy (non-hydrogen) atoms. The summed E-state index contributed by atoms with van der Waals surface area (Å²) in [6.07, 6.45) is 6.65. The van der Waals surface area contributed by atoms with Crippen LogP contribution in [0.1, 0.15) is 42.3 Å². The van der Waals surface area contributed by atoms with E-state index in [1.807, 2.05) is 11.3 Å². The van der Waals surface area contributed by atoms with Gasteiger partial charge in [0.1, 0.15) is 0 Å². The highest BCUT2D eigenvalue weighted by Crippen LogP contribution is 2.41. The summed E-state index contributed by atoms with van der Waals surface area (Å²) in [7, 11) is 0. The highest BCUT2D eigenvalue weighted by Gasteiger charge is 2.27. The molecule has 1 atom stereocenters. The Labute approximate surface area is 95.1 Å². The van der Waals surface area contributed by atoms with E-state index in [-0.39, 0.29) is 0 Å². The molecule has 0 amide bonds. The fraction of sp³-hybridized carbons (Fsp3) is 0.750. The maximum atomic E-state index is 4.76. The van der Waals surface area contributed by atoms with Crippen LogP contribution >= 0.6 is 11.3 Å². The molecule has 2 fully saturated rings. The molecule has 1 aliphatic carbocycles. The average molecular weight is 222 g/mol. The number of piperidine rings is 1. The third-order valence-corrected chi connectivity index (χ3v) is 4.45. The fourth-order valence-electron chi connectivity index (χ4n) is 2.33. The largest absolute Gasteiger partial charge is 0.316 e. The normalized spacial score (nSPS) is 26.8. The van der Waals surface area contributed by atoms with Crippen molar-refractivity contribution in [2.24, 2.45) is 5.92 Å². The minimum Gasteiger partial charge on any atom is -0.316 e. The van der Waals surface area contributed by atoms with Crippen molar-refractivity contribution in [1.29, 1.82) is 0 Å². The van der Waals surface area contributed by atoms with E-state index in [9.17, 15) is 0 Å². The van der Waals surface area contributed by atoms with Crippen LogP contribution in [0.25, 0.3) is 0 Å². The van der Waals surface area contributed by atoms with E-state index >= 15 is 0 Å². The van der Waals surface area contributed by atoms with Crippen LogP contribution in [-0.4, -0.2) is 18.1 Å². The third kappa shape index (κ3) is 2.40. The first-order valence-electron chi connectivity index (χ1n) is 6.07. The molecule has 1 saturated carbocycles. The van der Waals surface area contributed by atoms with Gasteiger partial charge in [0.25, 0.3) is 0 Å². The quantitative estimate of drug-likeness (QED) is 0.850. The van der Waals surface area contributed by atoms with Crippen molar-refractivity contribution >= 4 is 11.3 Å². The molecule has 2 aliphatic rings. The maximum absolute atomic E-state index is 4.76. The van der Waals surface area contributed by atoms with Crippen LogP contribution in [0.3, 0.4) is 0 Å². The number of rotatable bonds is 3. The van der Waals surface area contributed by atoms with E-state index in [0.717, 1.165) is 11.8 Å². The van der Waals surface area contributed by atoms with Gasteiger partial charge in [-0.25, -0.2) is 4.98 Å². The molecule has 1 N–H and O–H groups in total. The molecule has 0 bridgehead atoms. The van der Waals surface area contributed by atoms with Crippen LogP contribution in [0.2, 0.25) is 0 Å². The van der Waals surface area contributed by atoms with Gasteiger partial charge in [0.2, 0.25) is 0 Å². The van der Waals surface area contributed by atoms with Gasteiger partial charge in [-0.05, 0) is 51.1 Å². The smallest absolute Gasteiger partial charge is 0.0959 e. The van der Waals surface area contributed by atoms with E-state index in [4.69, 9.17) is 4.98 Å². The zero-order valence-electron chi connectivity index (χ0n) is 9.04. The second-order valence-corrected chi connectivity index (χ2v) is 5.76. The Morgan fingerprint density at radius 2 is 2.33 bits per heavy atom. The van der Waals surface area contributed by atoms with Crippen LogP contribution in [0.4, 0.5) is 0 Å². The Bertz CT molecular complexity index is 324. The Kier molecular flexibility index (Phi) is 2.76. The predicted octanol–water partition coefficient (Wildman–Crippen LogP) is 2.56. The number of hydrogen-bond acceptors (Lipinski definition) is 3. The second kappa shape index (κ2) is 4.22. The zero-order chi connectivity index (χ0) is 10.1. The molecular weight excluding hydrogens is 204 g/mol. The summed E-state index contributed by atoms with van der Waals surface area (Å²) >= 11 is 1.88. The van der Waals surface area contributed by atoms with E-state index < -0.39 is 0 Å². The number of nitrogens with zero attached hydrogens (tertiary/aromatic N) is 1. The first-order valence-corrected chi connectivity index (χ1v) is 6.95. The third-order valence-electron chi connectivity index (χ3n) is 3.39. The summed E-state index contributed by atoms with van der Waals surface area (Å²) in [6, 6.07) is 0. The molecule has 1 saturated heterocycles. The molecule has 3 rings (SSSR count). The van der Waals surface area contributed by atoms with E-state index in [1.54, 1.807) is 0 Å². The van der Waals surface area contributed by atoms with Crippen LogP contribution in [0.15, 0.2) is 5.38 Å². The molecule has 82 valence electrons. The lowest BCUT2D eigenvalue weighted by atomic mass is 9.95. The minimum absolute atomic E-state index is 0.827. The highest BCUT2D eigenvalue weighted by atomic mass is 32.1. The molecule has 0 radical (unpaired) electrons. The Balaban J connectivity index is 1.60. The molecule has 1 aromatic heterocycles. The summed E-state index contributed by atoms with van der Waals surface area (Å²) in [5, 5.41) is 7.15. The first kappa shape index (κ1) is 9.79. The van der Waals surface area contributed by atoms with E-state index in [2.05, 4.69) is 10.7 Å². The van der Waals surface area contributed by atoms with Crippen LogP contribution in [-0.2, 0) is 6.42 Å². The average Bonchev–Trinajstić information content (AvgIpc) is 3.02. The first-order chi connectivity index (χ1) is 7.42. The van der Waals surface area contributed by atoms with Crippen molar-refractivity contribution in [3.05, 3.63) is 16.1 Å². The Morgan fingerprint density at radius 3 is 3.07 bits per heavy atom. The zero-order valence-corrected chi connectivity index (χ0v) is 9.85. The van der Waals surface area contributed by atoms with Gasteiger partial charge < -0.3 is 5.32 Å². The van der Waals surface area contributed by atoms with Gasteiger partial charge in [-0.1, -0.05) is 0 Å². The molecular formula is C12H18N2S. The van der Waals surface area contributed by atoms with Crippen molar-refractivity contribution in [1.82, 2.24) is 10.3 Å². The number of hydrogen-bond donors (Lipinski definition) is 1. The molecule has 2 nitrogen and oxygen atoms in total. The van der Waals surface area contributed by atoms with Gasteiger partial charge in [0.15, 0.2) is 0 Å². The molecule has 0 spiro atoms. The summed E-state index contributed by atoms with van der Waals surface area (Å²) < 4.78 is 0. The lowest BCUT2D eigenvalue weighted by molar-refractivity contribution is 0.374. The molecule has 1 unspecified atom stereocenters. The van der Waals surface area contributed by atoms with Crippen molar-refractivity contribution < 1.29 is 0 Å². The minimum atomic E-state index is 0.827. The van der Waals surface area contributed by atoms with Crippen LogP contribution in [0.5, 0.6) is 0 Å². The number of thiazole rings is 1.